The van der Waals surface area contributed by atoms with Gasteiger partial charge in [0, 0.05) is 57.2 Å². The Morgan fingerprint density at radius 2 is 1.18 bits per heavy atom. The number of esters is 2. The predicted molar refractivity (Wildman–Crippen MR) is 224 cm³/mol. The largest absolute Gasteiger partial charge is 0.461 e. The summed E-state index contributed by atoms with van der Waals surface area (Å²) in [5, 5.41) is 29.3. The van der Waals surface area contributed by atoms with E-state index in [9.17, 15) is 18.0 Å². The van der Waals surface area contributed by atoms with Crippen molar-refractivity contribution in [3.63, 3.8) is 0 Å². The molecule has 0 saturated carbocycles. The zero-order valence-electron chi connectivity index (χ0n) is 32.4. The summed E-state index contributed by atoms with van der Waals surface area (Å²) in [5.41, 5.74) is 4.68. The number of anilines is 2. The number of nitrogens with one attached hydrogen (secondary N) is 2. The first kappa shape index (κ1) is 40.4. The molecule has 57 heavy (non-hydrogen) atoms. The first-order valence-electron chi connectivity index (χ1n) is 18.5. The molecule has 1 heterocycles. The van der Waals surface area contributed by atoms with E-state index in [4.69, 9.17) is 14.6 Å². The molecule has 0 aromatic heterocycles. The maximum atomic E-state index is 13.7. The minimum Gasteiger partial charge on any atom is -0.461 e. The van der Waals surface area contributed by atoms with Crippen molar-refractivity contribution in [1.29, 1.82) is 0 Å². The van der Waals surface area contributed by atoms with Crippen molar-refractivity contribution in [3.8, 4) is 0 Å². The maximum Gasteiger partial charge on any atom is 0.333 e. The number of hydrogen-bond donors (Lipinski definition) is 2. The molecule has 0 bridgehead atoms. The molecule has 0 fully saturated rings. The zero-order chi connectivity index (χ0) is 40.7. The molecule has 13 nitrogen and oxygen atoms in total. The van der Waals surface area contributed by atoms with Crippen LogP contribution in [0.3, 0.4) is 0 Å². The molecule has 1 aliphatic rings. The summed E-state index contributed by atoms with van der Waals surface area (Å²) < 4.78 is 38.6. The van der Waals surface area contributed by atoms with E-state index in [1.54, 1.807) is 0 Å². The summed E-state index contributed by atoms with van der Waals surface area (Å²) >= 11 is 0. The molecule has 6 rings (SSSR count). The van der Waals surface area contributed by atoms with Gasteiger partial charge in [-0.25, -0.2) is 18.0 Å². The summed E-state index contributed by atoms with van der Waals surface area (Å²) in [6.45, 7) is 13.6. The fourth-order valence-corrected chi connectivity index (χ4v) is 7.92. The molecule has 0 spiro atoms. The highest BCUT2D eigenvalue weighted by atomic mass is 32.2. The summed E-state index contributed by atoms with van der Waals surface area (Å²) in [7, 11) is -4.09. The monoisotopic (exact) mass is 787 g/mol. The Kier molecular flexibility index (Phi) is 12.2. The lowest BCUT2D eigenvalue weighted by Crippen LogP contribution is -2.45. The Balaban J connectivity index is 1.20. The molecule has 2 N–H and O–H groups in total. The highest BCUT2D eigenvalue weighted by Crippen LogP contribution is 2.43. The van der Waals surface area contributed by atoms with Crippen molar-refractivity contribution >= 4 is 77.6 Å². The first-order valence-corrected chi connectivity index (χ1v) is 20.0. The third-order valence-corrected chi connectivity index (χ3v) is 11.2. The minimum atomic E-state index is -4.09. The summed E-state index contributed by atoms with van der Waals surface area (Å²) in [5.74, 6) is -1.28. The van der Waals surface area contributed by atoms with Crippen molar-refractivity contribution in [1.82, 2.24) is 4.31 Å². The summed E-state index contributed by atoms with van der Waals surface area (Å²) in [6, 6.07) is 27.5. The number of fused-ring (bicyclic) bond motifs is 1. The Morgan fingerprint density at radius 3 is 1.72 bits per heavy atom. The van der Waals surface area contributed by atoms with Crippen LogP contribution < -0.4 is 10.6 Å². The number of ether oxygens (including phenoxy) is 2. The fourth-order valence-electron chi connectivity index (χ4n) is 6.51. The van der Waals surface area contributed by atoms with Crippen LogP contribution in [0, 0.1) is 0 Å². The van der Waals surface area contributed by atoms with Crippen molar-refractivity contribution in [3.05, 3.63) is 115 Å². The molecular weight excluding hydrogens is 743 g/mol. The number of sulfonamides is 1. The van der Waals surface area contributed by atoms with E-state index in [2.05, 4.69) is 71.2 Å². The average Bonchev–Trinajstić information content (AvgIpc) is 3.19. The maximum absolute atomic E-state index is 13.7. The second-order valence-corrected chi connectivity index (χ2v) is 15.9. The molecule has 0 amide bonds. The van der Waals surface area contributed by atoms with Gasteiger partial charge in [-0.3, -0.25) is 0 Å². The van der Waals surface area contributed by atoms with Gasteiger partial charge in [-0.2, -0.15) is 9.42 Å². The quantitative estimate of drug-likeness (QED) is 0.0567. The van der Waals surface area contributed by atoms with Gasteiger partial charge < -0.3 is 20.1 Å². The van der Waals surface area contributed by atoms with Gasteiger partial charge >= 0.3 is 11.9 Å². The van der Waals surface area contributed by atoms with Crippen LogP contribution in [0.25, 0.3) is 21.5 Å². The van der Waals surface area contributed by atoms with E-state index in [0.717, 1.165) is 55.8 Å². The normalized spacial score (nSPS) is 15.2. The molecule has 0 aliphatic carbocycles. The van der Waals surface area contributed by atoms with Crippen molar-refractivity contribution in [2.75, 3.05) is 36.9 Å². The standard InChI is InChI=1S/C43H45N7O6S/c1-7-23-43(6)44-38-14-10-13-34-37(21-22-39(45-43)40(34)38)49-48-36-20-19-35(32-11-8-9-12-33(32)36)47-46-30-15-17-31(18-16-30)57(53,54)50(24-26-55-41(51)28(2)3)25-27-56-42(52)29(4)5/h8-22,44-45H,2,4,7,23-27H2,1,3,5-6H3/b47-46+,49-48+. The van der Waals surface area contributed by atoms with Crippen LogP contribution in [0.4, 0.5) is 34.1 Å². The van der Waals surface area contributed by atoms with Crippen LogP contribution in [-0.2, 0) is 29.1 Å². The molecular formula is C43H45N7O6S. The van der Waals surface area contributed by atoms with Gasteiger partial charge in [-0.15, -0.1) is 15.3 Å². The van der Waals surface area contributed by atoms with Gasteiger partial charge in [0.1, 0.15) is 18.9 Å². The molecule has 1 atom stereocenters. The second-order valence-electron chi connectivity index (χ2n) is 14.0. The van der Waals surface area contributed by atoms with Gasteiger partial charge in [-0.1, -0.05) is 62.9 Å². The smallest absolute Gasteiger partial charge is 0.333 e. The van der Waals surface area contributed by atoms with Crippen molar-refractivity contribution < 1.29 is 27.5 Å². The topological polar surface area (TPSA) is 163 Å². The minimum absolute atomic E-state index is 0.0302. The van der Waals surface area contributed by atoms with Gasteiger partial charge in [0.2, 0.25) is 10.0 Å². The van der Waals surface area contributed by atoms with E-state index < -0.39 is 22.0 Å². The Morgan fingerprint density at radius 1 is 0.684 bits per heavy atom. The lowest BCUT2D eigenvalue weighted by atomic mass is 9.97. The molecule has 294 valence electrons. The molecule has 0 saturated heterocycles. The molecule has 5 aromatic rings. The van der Waals surface area contributed by atoms with Crippen LogP contribution in [0.15, 0.2) is 141 Å². The highest BCUT2D eigenvalue weighted by molar-refractivity contribution is 7.89. The average molecular weight is 788 g/mol. The number of hydrogen-bond acceptors (Lipinski definition) is 12. The number of nitrogens with zero attached hydrogens (tertiary/aromatic N) is 5. The van der Waals surface area contributed by atoms with Gasteiger partial charge in [-0.05, 0) is 81.8 Å². The van der Waals surface area contributed by atoms with E-state index >= 15 is 0 Å². The number of carbonyl (C=O) groups excluding carboxylic acids is 2. The molecule has 14 heteroatoms. The Labute approximate surface area is 332 Å². The SMILES string of the molecule is C=C(C)C(=O)OCCN(CCOC(=O)C(=C)C)S(=O)(=O)c1ccc(/N=N/c2ccc(/N=N/c3ccc4c5c(cccc35)NC(C)(CCC)N4)c3ccccc23)cc1. The van der Waals surface area contributed by atoms with Gasteiger partial charge in [0.05, 0.1) is 27.6 Å². The van der Waals surface area contributed by atoms with Crippen LogP contribution >= 0.6 is 0 Å². The predicted octanol–water partition coefficient (Wildman–Crippen LogP) is 10.4. The Hall–Kier alpha value is -6.25. The lowest BCUT2D eigenvalue weighted by molar-refractivity contribution is -0.139. The zero-order valence-corrected chi connectivity index (χ0v) is 33.2. The summed E-state index contributed by atoms with van der Waals surface area (Å²) in [4.78, 5) is 23.8. The lowest BCUT2D eigenvalue weighted by Gasteiger charge is -2.39. The van der Waals surface area contributed by atoms with E-state index in [1.165, 1.54) is 38.1 Å². The fraction of sp³-hybridized carbons (Fsp3) is 0.256. The van der Waals surface area contributed by atoms with Gasteiger partial charge in [0.15, 0.2) is 0 Å². The van der Waals surface area contributed by atoms with Crippen molar-refractivity contribution in [2.45, 2.75) is 51.1 Å². The van der Waals surface area contributed by atoms with E-state index in [-0.39, 0.29) is 48.0 Å². The highest BCUT2D eigenvalue weighted by Gasteiger charge is 2.29. The van der Waals surface area contributed by atoms with E-state index in [0.29, 0.717) is 17.1 Å². The summed E-state index contributed by atoms with van der Waals surface area (Å²) in [6.07, 6.45) is 2.02. The third-order valence-electron chi connectivity index (χ3n) is 9.32. The van der Waals surface area contributed by atoms with Crippen LogP contribution in [0.1, 0.15) is 40.5 Å². The van der Waals surface area contributed by atoms with E-state index in [1.807, 2.05) is 48.5 Å². The van der Waals surface area contributed by atoms with Gasteiger partial charge in [0.25, 0.3) is 0 Å². The molecule has 1 aliphatic heterocycles. The first-order chi connectivity index (χ1) is 27.3. The number of rotatable bonds is 16. The molecule has 5 aromatic carbocycles. The number of carbonyl (C=O) groups is 2. The molecule has 1 unspecified atom stereocenters. The van der Waals surface area contributed by atoms with Crippen LogP contribution in [0.5, 0.6) is 0 Å². The third kappa shape index (κ3) is 9.25. The Bertz CT molecular complexity index is 2490. The number of azo groups is 2. The molecule has 0 radical (unpaired) electrons. The number of benzene rings is 5. The van der Waals surface area contributed by atoms with Crippen LogP contribution in [0.2, 0.25) is 0 Å². The second kappa shape index (κ2) is 17.3. The van der Waals surface area contributed by atoms with Crippen molar-refractivity contribution in [2.24, 2.45) is 20.5 Å². The van der Waals surface area contributed by atoms with Crippen LogP contribution in [-0.4, -0.2) is 56.6 Å².